The maximum absolute atomic E-state index is 12.4. The Morgan fingerprint density at radius 3 is 2.57 bits per heavy atom. The van der Waals surface area contributed by atoms with E-state index in [4.69, 9.17) is 4.74 Å². The highest BCUT2D eigenvalue weighted by molar-refractivity contribution is 9.10. The van der Waals surface area contributed by atoms with Crippen molar-refractivity contribution < 1.29 is 9.53 Å². The molecule has 1 fully saturated rings. The SMILES string of the molecule is O=C(Nc1ccccc1)N1CCOC1c1ccc(Br)cc1. The summed E-state index contributed by atoms with van der Waals surface area (Å²) in [7, 11) is 0. The van der Waals surface area contributed by atoms with E-state index in [9.17, 15) is 4.79 Å². The normalized spacial score (nSPS) is 17.8. The van der Waals surface area contributed by atoms with Gasteiger partial charge in [0.05, 0.1) is 6.61 Å². The van der Waals surface area contributed by atoms with E-state index in [-0.39, 0.29) is 12.3 Å². The first-order valence-corrected chi connectivity index (χ1v) is 7.53. The highest BCUT2D eigenvalue weighted by atomic mass is 79.9. The van der Waals surface area contributed by atoms with Crippen molar-refractivity contribution in [2.24, 2.45) is 0 Å². The molecular weight excluding hydrogens is 332 g/mol. The van der Waals surface area contributed by atoms with E-state index in [0.717, 1.165) is 15.7 Å². The number of benzene rings is 2. The number of amides is 2. The quantitative estimate of drug-likeness (QED) is 0.892. The van der Waals surface area contributed by atoms with Gasteiger partial charge in [0, 0.05) is 22.3 Å². The molecule has 4 nitrogen and oxygen atoms in total. The molecule has 0 aliphatic carbocycles. The molecule has 0 radical (unpaired) electrons. The predicted molar refractivity (Wildman–Crippen MR) is 85.0 cm³/mol. The number of urea groups is 1. The lowest BCUT2D eigenvalue weighted by atomic mass is 10.2. The van der Waals surface area contributed by atoms with Crippen LogP contribution in [0.2, 0.25) is 0 Å². The molecule has 1 aliphatic heterocycles. The van der Waals surface area contributed by atoms with Gasteiger partial charge in [0.25, 0.3) is 0 Å². The number of anilines is 1. The van der Waals surface area contributed by atoms with Gasteiger partial charge in [0.15, 0.2) is 6.23 Å². The van der Waals surface area contributed by atoms with Crippen molar-refractivity contribution in [3.8, 4) is 0 Å². The van der Waals surface area contributed by atoms with Gasteiger partial charge < -0.3 is 10.1 Å². The highest BCUT2D eigenvalue weighted by Crippen LogP contribution is 2.28. The molecule has 2 amide bonds. The summed E-state index contributed by atoms with van der Waals surface area (Å²) in [5.41, 5.74) is 1.75. The van der Waals surface area contributed by atoms with Crippen LogP contribution in [0.4, 0.5) is 10.5 Å². The maximum Gasteiger partial charge on any atom is 0.324 e. The third kappa shape index (κ3) is 3.25. The summed E-state index contributed by atoms with van der Waals surface area (Å²) in [4.78, 5) is 14.1. The van der Waals surface area contributed by atoms with Crippen LogP contribution in [0.1, 0.15) is 11.8 Å². The van der Waals surface area contributed by atoms with Crippen LogP contribution in [-0.2, 0) is 4.74 Å². The average molecular weight is 347 g/mol. The molecule has 0 bridgehead atoms. The van der Waals surface area contributed by atoms with Gasteiger partial charge in [-0.2, -0.15) is 0 Å². The molecular formula is C16H15BrN2O2. The summed E-state index contributed by atoms with van der Waals surface area (Å²) in [6.45, 7) is 1.13. The Kier molecular flexibility index (Phi) is 4.22. The van der Waals surface area contributed by atoms with E-state index >= 15 is 0 Å². The summed E-state index contributed by atoms with van der Waals surface area (Å²) in [5, 5.41) is 2.89. The minimum absolute atomic E-state index is 0.147. The van der Waals surface area contributed by atoms with Crippen LogP contribution in [0, 0.1) is 0 Å². The number of hydrogen-bond acceptors (Lipinski definition) is 2. The topological polar surface area (TPSA) is 41.6 Å². The van der Waals surface area contributed by atoms with Crippen molar-refractivity contribution in [1.29, 1.82) is 0 Å². The maximum atomic E-state index is 12.4. The first kappa shape index (κ1) is 14.1. The number of para-hydroxylation sites is 1. The zero-order chi connectivity index (χ0) is 14.7. The lowest BCUT2D eigenvalue weighted by Crippen LogP contribution is -2.34. The van der Waals surface area contributed by atoms with Crippen molar-refractivity contribution in [2.45, 2.75) is 6.23 Å². The van der Waals surface area contributed by atoms with Crippen molar-refractivity contribution in [3.05, 3.63) is 64.6 Å². The summed E-state index contributed by atoms with van der Waals surface area (Å²) >= 11 is 3.41. The van der Waals surface area contributed by atoms with Crippen LogP contribution >= 0.6 is 15.9 Å². The van der Waals surface area contributed by atoms with Crippen molar-refractivity contribution in [3.63, 3.8) is 0 Å². The summed E-state index contributed by atoms with van der Waals surface area (Å²) < 4.78 is 6.70. The molecule has 5 heteroatoms. The van der Waals surface area contributed by atoms with E-state index < -0.39 is 0 Å². The van der Waals surface area contributed by atoms with Crippen LogP contribution < -0.4 is 5.32 Å². The lowest BCUT2D eigenvalue weighted by Gasteiger charge is -2.23. The molecule has 3 rings (SSSR count). The van der Waals surface area contributed by atoms with Crippen LogP contribution in [-0.4, -0.2) is 24.1 Å². The molecule has 0 aromatic heterocycles. The fourth-order valence-corrected chi connectivity index (χ4v) is 2.56. The average Bonchev–Trinajstić information content (AvgIpc) is 2.98. The Labute approximate surface area is 131 Å². The Hall–Kier alpha value is -1.85. The van der Waals surface area contributed by atoms with Gasteiger partial charge in [-0.05, 0) is 24.3 Å². The first-order valence-electron chi connectivity index (χ1n) is 6.74. The number of carbonyl (C=O) groups excluding carboxylic acids is 1. The second-order valence-electron chi connectivity index (χ2n) is 4.76. The second-order valence-corrected chi connectivity index (χ2v) is 5.68. The third-order valence-corrected chi connectivity index (χ3v) is 3.86. The van der Waals surface area contributed by atoms with Crippen LogP contribution in [0.25, 0.3) is 0 Å². The molecule has 2 aromatic rings. The van der Waals surface area contributed by atoms with Gasteiger partial charge in [0.2, 0.25) is 0 Å². The number of nitrogens with one attached hydrogen (secondary N) is 1. The molecule has 1 heterocycles. The third-order valence-electron chi connectivity index (χ3n) is 3.33. The first-order chi connectivity index (χ1) is 10.2. The standard InChI is InChI=1S/C16H15BrN2O2/c17-13-8-6-12(7-9-13)15-19(10-11-21-15)16(20)18-14-4-2-1-3-5-14/h1-9,15H,10-11H2,(H,18,20). The second kappa shape index (κ2) is 6.28. The zero-order valence-corrected chi connectivity index (χ0v) is 12.9. The van der Waals surface area contributed by atoms with Crippen LogP contribution in [0.3, 0.4) is 0 Å². The minimum atomic E-state index is -0.332. The number of carbonyl (C=O) groups is 1. The predicted octanol–water partition coefficient (Wildman–Crippen LogP) is 4.01. The Balaban J connectivity index is 1.74. The zero-order valence-electron chi connectivity index (χ0n) is 11.3. The molecule has 1 saturated heterocycles. The van der Waals surface area contributed by atoms with Gasteiger partial charge in [-0.25, -0.2) is 4.79 Å². The largest absolute Gasteiger partial charge is 0.352 e. The number of rotatable bonds is 2. The molecule has 0 spiro atoms. The molecule has 2 aromatic carbocycles. The Morgan fingerprint density at radius 2 is 1.86 bits per heavy atom. The van der Waals surface area contributed by atoms with Gasteiger partial charge >= 0.3 is 6.03 Å². The molecule has 21 heavy (non-hydrogen) atoms. The van der Waals surface area contributed by atoms with E-state index in [0.29, 0.717) is 13.2 Å². The fourth-order valence-electron chi connectivity index (χ4n) is 2.30. The Morgan fingerprint density at radius 1 is 1.14 bits per heavy atom. The molecule has 1 aliphatic rings. The van der Waals surface area contributed by atoms with Gasteiger partial charge in [0.1, 0.15) is 0 Å². The van der Waals surface area contributed by atoms with Crippen LogP contribution in [0.5, 0.6) is 0 Å². The van der Waals surface area contributed by atoms with Gasteiger partial charge in [-0.1, -0.05) is 46.3 Å². The number of halogens is 1. The number of ether oxygens (including phenoxy) is 1. The van der Waals surface area contributed by atoms with Crippen molar-refractivity contribution in [2.75, 3.05) is 18.5 Å². The summed E-state index contributed by atoms with van der Waals surface area (Å²) in [6, 6.07) is 17.1. The molecule has 1 atom stereocenters. The molecule has 1 unspecified atom stereocenters. The van der Waals surface area contributed by atoms with E-state index in [1.807, 2.05) is 54.6 Å². The van der Waals surface area contributed by atoms with Gasteiger partial charge in [-0.15, -0.1) is 0 Å². The summed E-state index contributed by atoms with van der Waals surface area (Å²) in [6.07, 6.45) is -0.332. The van der Waals surface area contributed by atoms with E-state index in [1.54, 1.807) is 4.90 Å². The van der Waals surface area contributed by atoms with Crippen molar-refractivity contribution >= 4 is 27.6 Å². The van der Waals surface area contributed by atoms with E-state index in [1.165, 1.54) is 0 Å². The van der Waals surface area contributed by atoms with Gasteiger partial charge in [-0.3, -0.25) is 4.90 Å². The van der Waals surface area contributed by atoms with Crippen LogP contribution in [0.15, 0.2) is 59.1 Å². The molecule has 0 saturated carbocycles. The number of nitrogens with zero attached hydrogens (tertiary/aromatic N) is 1. The highest BCUT2D eigenvalue weighted by Gasteiger charge is 2.30. The fraction of sp³-hybridized carbons (Fsp3) is 0.188. The Bertz CT molecular complexity index is 616. The smallest absolute Gasteiger partial charge is 0.324 e. The van der Waals surface area contributed by atoms with E-state index in [2.05, 4.69) is 21.2 Å². The minimum Gasteiger partial charge on any atom is -0.352 e. The van der Waals surface area contributed by atoms with Crippen molar-refractivity contribution in [1.82, 2.24) is 4.90 Å². The monoisotopic (exact) mass is 346 g/mol. The number of hydrogen-bond donors (Lipinski definition) is 1. The summed E-state index contributed by atoms with van der Waals surface area (Å²) in [5.74, 6) is 0. The molecule has 108 valence electrons. The lowest BCUT2D eigenvalue weighted by molar-refractivity contribution is 0.0522. The molecule has 1 N–H and O–H groups in total.